The second-order valence-corrected chi connectivity index (χ2v) is 11.5. The molecule has 4 aromatic rings. The molecule has 0 aliphatic heterocycles. The Bertz CT molecular complexity index is 1850. The number of alkyl halides is 6. The van der Waals surface area contributed by atoms with Gasteiger partial charge in [0.2, 0.25) is 5.82 Å². The maximum Gasteiger partial charge on any atom is 0.416 e. The predicted molar refractivity (Wildman–Crippen MR) is 156 cm³/mol. The number of halogens is 7. The van der Waals surface area contributed by atoms with Crippen LogP contribution in [0.4, 0.5) is 26.3 Å². The van der Waals surface area contributed by atoms with E-state index in [2.05, 4.69) is 25.5 Å². The lowest BCUT2D eigenvalue weighted by Gasteiger charge is -2.18. The highest BCUT2D eigenvalue weighted by atomic mass is 35.5. The average Bonchev–Trinajstić information content (AvgIpc) is 3.55. The zero-order valence-corrected chi connectivity index (χ0v) is 25.7. The number of aromatic nitrogens is 7. The van der Waals surface area contributed by atoms with Crippen molar-refractivity contribution in [3.8, 4) is 17.1 Å². The molecule has 258 valence electrons. The van der Waals surface area contributed by atoms with Gasteiger partial charge in [-0.15, -0.1) is 10.2 Å². The molecule has 0 saturated heterocycles. The van der Waals surface area contributed by atoms with Crippen LogP contribution in [0.5, 0.6) is 0 Å². The van der Waals surface area contributed by atoms with Crippen LogP contribution in [-0.2, 0) is 13.1 Å². The van der Waals surface area contributed by atoms with Crippen molar-refractivity contribution in [2.75, 3.05) is 13.1 Å². The number of amides is 2. The molecule has 0 bridgehead atoms. The monoisotopic (exact) mass is 704 g/mol. The number of aliphatic hydroxyl groups excluding tert-OH is 1. The number of rotatable bonds is 11. The van der Waals surface area contributed by atoms with Crippen LogP contribution in [0, 0.1) is 0 Å². The summed E-state index contributed by atoms with van der Waals surface area (Å²) in [5, 5.41) is 22.5. The minimum absolute atomic E-state index is 0.0875. The molecule has 0 spiro atoms. The van der Waals surface area contributed by atoms with Crippen molar-refractivity contribution in [3.05, 3.63) is 75.4 Å². The quantitative estimate of drug-likeness (QED) is 0.170. The van der Waals surface area contributed by atoms with Crippen molar-refractivity contribution in [2.24, 2.45) is 5.73 Å². The molecule has 21 heteroatoms. The highest BCUT2D eigenvalue weighted by Gasteiger charge is 2.39. The standard InChI is InChI=1S/C27H27ClF6N10O4/c1-25(2,35)12-37-23(47)21-39-19(40-44(21)17-9-36-8-7-16(17)22(46)38-13-26(29,30)31)11-43-24(48)42(10-18(45)27(32,33)34)20(41-43)14-3-5-15(28)6-4-14/h3-9,18,45H,10-13,35H2,1-2H3,(H,37,47)(H,38,46). The van der Waals surface area contributed by atoms with E-state index in [1.165, 1.54) is 24.3 Å². The Kier molecular flexibility index (Phi) is 10.3. The van der Waals surface area contributed by atoms with Gasteiger partial charge in [-0.3, -0.25) is 19.1 Å². The highest BCUT2D eigenvalue weighted by Crippen LogP contribution is 2.24. The molecule has 0 fully saturated rings. The summed E-state index contributed by atoms with van der Waals surface area (Å²) in [7, 11) is 0. The maximum atomic E-state index is 13.4. The molecular formula is C27H27ClF6N10O4. The molecule has 0 aliphatic carbocycles. The van der Waals surface area contributed by atoms with E-state index in [4.69, 9.17) is 17.3 Å². The number of aliphatic hydroxyl groups is 1. The fourth-order valence-electron chi connectivity index (χ4n) is 4.08. The summed E-state index contributed by atoms with van der Waals surface area (Å²) in [4.78, 5) is 47.3. The maximum absolute atomic E-state index is 13.4. The second kappa shape index (κ2) is 13.7. The van der Waals surface area contributed by atoms with Gasteiger partial charge in [-0.25, -0.2) is 19.1 Å². The summed E-state index contributed by atoms with van der Waals surface area (Å²) in [6.45, 7) is -0.429. The minimum Gasteiger partial charge on any atom is -0.382 e. The molecular weight excluding hydrogens is 678 g/mol. The van der Waals surface area contributed by atoms with Crippen LogP contribution in [0.15, 0.2) is 47.5 Å². The predicted octanol–water partition coefficient (Wildman–Crippen LogP) is 2.07. The van der Waals surface area contributed by atoms with Gasteiger partial charge in [0.15, 0.2) is 17.8 Å². The largest absolute Gasteiger partial charge is 0.416 e. The van der Waals surface area contributed by atoms with Gasteiger partial charge in [-0.1, -0.05) is 11.6 Å². The Hall–Kier alpha value is -4.82. The summed E-state index contributed by atoms with van der Waals surface area (Å²) in [5.41, 5.74) is 3.42. The van der Waals surface area contributed by atoms with Crippen LogP contribution >= 0.6 is 11.6 Å². The van der Waals surface area contributed by atoms with Crippen molar-refractivity contribution in [3.63, 3.8) is 0 Å². The molecule has 0 aliphatic rings. The third-order valence-corrected chi connectivity index (χ3v) is 6.58. The Morgan fingerprint density at radius 3 is 2.25 bits per heavy atom. The van der Waals surface area contributed by atoms with E-state index >= 15 is 0 Å². The summed E-state index contributed by atoms with van der Waals surface area (Å²) in [5.74, 6) is -3.21. The molecule has 1 unspecified atom stereocenters. The topological polar surface area (TPSA) is 188 Å². The zero-order chi connectivity index (χ0) is 35.6. The molecule has 0 saturated carbocycles. The third-order valence-electron chi connectivity index (χ3n) is 6.33. The second-order valence-electron chi connectivity index (χ2n) is 11.1. The Balaban J connectivity index is 1.81. The number of nitrogens with zero attached hydrogens (tertiary/aromatic N) is 7. The lowest BCUT2D eigenvalue weighted by Crippen LogP contribution is -2.45. The average molecular weight is 705 g/mol. The van der Waals surface area contributed by atoms with Crippen LogP contribution in [-0.4, -0.2) is 88.1 Å². The zero-order valence-electron chi connectivity index (χ0n) is 25.0. The van der Waals surface area contributed by atoms with E-state index in [0.29, 0.717) is 9.25 Å². The normalized spacial score (nSPS) is 13.0. The molecule has 48 heavy (non-hydrogen) atoms. The smallest absolute Gasteiger partial charge is 0.382 e. The van der Waals surface area contributed by atoms with Gasteiger partial charge in [0, 0.05) is 28.9 Å². The SMILES string of the molecule is CC(C)(N)CNC(=O)c1nc(Cn2nc(-c3ccc(Cl)cc3)n(CC(O)C(F)(F)F)c2=O)nn1-c1cnccc1C(=O)NCC(F)(F)F. The molecule has 1 aromatic carbocycles. The minimum atomic E-state index is -5.08. The van der Waals surface area contributed by atoms with E-state index in [1.54, 1.807) is 19.2 Å². The third kappa shape index (κ3) is 8.95. The molecule has 2 amide bonds. The van der Waals surface area contributed by atoms with Gasteiger partial charge in [-0.05, 0) is 44.2 Å². The van der Waals surface area contributed by atoms with Crippen molar-refractivity contribution >= 4 is 23.4 Å². The highest BCUT2D eigenvalue weighted by molar-refractivity contribution is 6.30. The number of hydrogen-bond acceptors (Lipinski definition) is 9. The van der Waals surface area contributed by atoms with Crippen LogP contribution < -0.4 is 22.1 Å². The number of carbonyl (C=O) groups excluding carboxylic acids is 2. The van der Waals surface area contributed by atoms with Gasteiger partial charge < -0.3 is 21.5 Å². The summed E-state index contributed by atoms with van der Waals surface area (Å²) in [6, 6.07) is 6.64. The van der Waals surface area contributed by atoms with E-state index in [-0.39, 0.29) is 40.0 Å². The van der Waals surface area contributed by atoms with E-state index in [0.717, 1.165) is 23.1 Å². The summed E-state index contributed by atoms with van der Waals surface area (Å²) < 4.78 is 80.2. The fourth-order valence-corrected chi connectivity index (χ4v) is 4.20. The molecule has 3 aromatic heterocycles. The van der Waals surface area contributed by atoms with Crippen molar-refractivity contribution in [2.45, 2.75) is 50.9 Å². The molecule has 14 nitrogen and oxygen atoms in total. The molecule has 1 atom stereocenters. The first-order chi connectivity index (χ1) is 22.2. The lowest BCUT2D eigenvalue weighted by atomic mass is 10.1. The number of nitrogens with one attached hydrogen (secondary N) is 2. The molecule has 0 radical (unpaired) electrons. The Morgan fingerprint density at radius 1 is 1.00 bits per heavy atom. The van der Waals surface area contributed by atoms with Crippen molar-refractivity contribution in [1.82, 2.24) is 44.7 Å². The van der Waals surface area contributed by atoms with Gasteiger partial charge in [-0.2, -0.15) is 26.3 Å². The molecule has 5 N–H and O–H groups in total. The van der Waals surface area contributed by atoms with Crippen LogP contribution in [0.25, 0.3) is 17.1 Å². The number of benzene rings is 1. The number of nitrogens with two attached hydrogens (primary N) is 1. The van der Waals surface area contributed by atoms with Gasteiger partial charge >= 0.3 is 18.0 Å². The van der Waals surface area contributed by atoms with Crippen LogP contribution in [0.3, 0.4) is 0 Å². The Labute approximate surface area is 271 Å². The molecule has 4 rings (SSSR count). The van der Waals surface area contributed by atoms with Crippen molar-refractivity contribution in [1.29, 1.82) is 0 Å². The Morgan fingerprint density at radius 2 is 1.65 bits per heavy atom. The van der Waals surface area contributed by atoms with E-state index < -0.39 is 67.0 Å². The molecule has 3 heterocycles. The van der Waals surface area contributed by atoms with Crippen LogP contribution in [0.1, 0.15) is 40.6 Å². The summed E-state index contributed by atoms with van der Waals surface area (Å²) >= 11 is 5.91. The van der Waals surface area contributed by atoms with Gasteiger partial charge in [0.05, 0.1) is 24.0 Å². The van der Waals surface area contributed by atoms with E-state index in [9.17, 15) is 45.8 Å². The van der Waals surface area contributed by atoms with E-state index in [1.807, 2.05) is 0 Å². The fraction of sp³-hybridized carbons (Fsp3) is 0.370. The number of pyridine rings is 1. The first kappa shape index (κ1) is 36.0. The number of carbonyl (C=O) groups is 2. The first-order valence-electron chi connectivity index (χ1n) is 13.7. The first-order valence-corrected chi connectivity index (χ1v) is 14.1. The van der Waals surface area contributed by atoms with Gasteiger partial charge in [0.25, 0.3) is 11.8 Å². The number of hydrogen-bond donors (Lipinski definition) is 4. The van der Waals surface area contributed by atoms with Gasteiger partial charge in [0.1, 0.15) is 13.1 Å². The van der Waals surface area contributed by atoms with Crippen molar-refractivity contribution < 1.29 is 41.0 Å². The van der Waals surface area contributed by atoms with Crippen LogP contribution in [0.2, 0.25) is 5.02 Å². The lowest BCUT2D eigenvalue weighted by molar-refractivity contribution is -0.207. The summed E-state index contributed by atoms with van der Waals surface area (Å²) in [6.07, 6.45) is -10.6.